The highest BCUT2D eigenvalue weighted by Crippen LogP contribution is 2.14. The van der Waals surface area contributed by atoms with Crippen LogP contribution in [0.1, 0.15) is 27.8 Å². The second-order valence-corrected chi connectivity index (χ2v) is 4.44. The Labute approximate surface area is 111 Å². The summed E-state index contributed by atoms with van der Waals surface area (Å²) < 4.78 is 15.5. The van der Waals surface area contributed by atoms with Crippen molar-refractivity contribution in [2.45, 2.75) is 20.0 Å². The number of furan rings is 2. The number of methoxy groups -OCH3 is 1. The first-order valence-corrected chi connectivity index (χ1v) is 5.99. The molecule has 102 valence electrons. The molecule has 19 heavy (non-hydrogen) atoms. The van der Waals surface area contributed by atoms with E-state index >= 15 is 0 Å². The lowest BCUT2D eigenvalue weighted by Gasteiger charge is -2.12. The quantitative estimate of drug-likeness (QED) is 0.776. The molecule has 2 heterocycles. The van der Waals surface area contributed by atoms with E-state index in [1.807, 2.05) is 31.0 Å². The van der Waals surface area contributed by atoms with Gasteiger partial charge >= 0.3 is 5.97 Å². The van der Waals surface area contributed by atoms with Crippen molar-refractivity contribution in [1.82, 2.24) is 4.90 Å². The van der Waals surface area contributed by atoms with Gasteiger partial charge in [-0.2, -0.15) is 0 Å². The van der Waals surface area contributed by atoms with Gasteiger partial charge in [0, 0.05) is 0 Å². The van der Waals surface area contributed by atoms with Crippen LogP contribution < -0.4 is 0 Å². The fourth-order valence-corrected chi connectivity index (χ4v) is 1.83. The average molecular weight is 263 g/mol. The van der Waals surface area contributed by atoms with Gasteiger partial charge in [0.2, 0.25) is 5.76 Å². The molecule has 0 spiro atoms. The molecular formula is C14H17NO4. The molecule has 0 atom stereocenters. The van der Waals surface area contributed by atoms with Gasteiger partial charge in [-0.15, -0.1) is 0 Å². The summed E-state index contributed by atoms with van der Waals surface area (Å²) in [5, 5.41) is 0. The molecule has 0 aliphatic heterocycles. The molecule has 0 aliphatic rings. The molecule has 0 saturated carbocycles. The molecule has 0 bridgehead atoms. The topological polar surface area (TPSA) is 55.8 Å². The molecule has 0 fully saturated rings. The van der Waals surface area contributed by atoms with Crippen molar-refractivity contribution in [2.75, 3.05) is 14.2 Å². The Balaban J connectivity index is 1.93. The van der Waals surface area contributed by atoms with Crippen molar-refractivity contribution in [3.8, 4) is 0 Å². The van der Waals surface area contributed by atoms with E-state index in [0.29, 0.717) is 18.8 Å². The fourth-order valence-electron chi connectivity index (χ4n) is 1.83. The SMILES string of the molecule is COC(=O)c1ccc(CN(C)Cc2ccc(C)o2)o1. The predicted octanol–water partition coefficient (Wildman–Crippen LogP) is 2.60. The summed E-state index contributed by atoms with van der Waals surface area (Å²) in [5.41, 5.74) is 0. The lowest BCUT2D eigenvalue weighted by Crippen LogP contribution is -2.16. The Morgan fingerprint density at radius 1 is 1.16 bits per heavy atom. The monoisotopic (exact) mass is 263 g/mol. The molecule has 5 nitrogen and oxygen atoms in total. The smallest absolute Gasteiger partial charge is 0.373 e. The van der Waals surface area contributed by atoms with E-state index in [4.69, 9.17) is 8.83 Å². The lowest BCUT2D eigenvalue weighted by molar-refractivity contribution is 0.0561. The van der Waals surface area contributed by atoms with Crippen molar-refractivity contribution >= 4 is 5.97 Å². The summed E-state index contributed by atoms with van der Waals surface area (Å²) in [5.74, 6) is 2.27. The van der Waals surface area contributed by atoms with Crippen molar-refractivity contribution in [1.29, 1.82) is 0 Å². The number of rotatable bonds is 5. The molecule has 0 aromatic carbocycles. The molecule has 0 saturated heterocycles. The summed E-state index contributed by atoms with van der Waals surface area (Å²) >= 11 is 0. The maximum Gasteiger partial charge on any atom is 0.373 e. The first-order chi connectivity index (χ1) is 9.08. The van der Waals surface area contributed by atoms with E-state index < -0.39 is 5.97 Å². The molecule has 5 heteroatoms. The Bertz CT molecular complexity index is 555. The Kier molecular flexibility index (Phi) is 4.06. The maximum absolute atomic E-state index is 11.3. The number of carbonyl (C=O) groups excluding carboxylic acids is 1. The highest BCUT2D eigenvalue weighted by Gasteiger charge is 2.12. The van der Waals surface area contributed by atoms with Crippen LogP contribution in [0.5, 0.6) is 0 Å². The van der Waals surface area contributed by atoms with Crippen LogP contribution in [0, 0.1) is 6.92 Å². The zero-order chi connectivity index (χ0) is 13.8. The number of hydrogen-bond donors (Lipinski definition) is 0. The van der Waals surface area contributed by atoms with E-state index in [9.17, 15) is 4.79 Å². The van der Waals surface area contributed by atoms with Gasteiger partial charge in [-0.3, -0.25) is 4.90 Å². The van der Waals surface area contributed by atoms with Crippen LogP contribution in [0.2, 0.25) is 0 Å². The minimum atomic E-state index is -0.462. The minimum Gasteiger partial charge on any atom is -0.465 e. The van der Waals surface area contributed by atoms with Crippen LogP contribution in [0.15, 0.2) is 33.1 Å². The number of esters is 1. The molecule has 2 aromatic rings. The van der Waals surface area contributed by atoms with Gasteiger partial charge in [0.05, 0.1) is 20.2 Å². The Hall–Kier alpha value is -2.01. The van der Waals surface area contributed by atoms with Crippen LogP contribution in [0.25, 0.3) is 0 Å². The summed E-state index contributed by atoms with van der Waals surface area (Å²) in [4.78, 5) is 13.3. The standard InChI is InChI=1S/C14H17NO4/c1-10-4-5-11(18-10)8-15(2)9-12-6-7-13(19-12)14(16)17-3/h4-7H,8-9H2,1-3H3. The van der Waals surface area contributed by atoms with Gasteiger partial charge < -0.3 is 13.6 Å². The van der Waals surface area contributed by atoms with Gasteiger partial charge in [-0.05, 0) is 38.2 Å². The number of hydrogen-bond acceptors (Lipinski definition) is 5. The minimum absolute atomic E-state index is 0.222. The van der Waals surface area contributed by atoms with Crippen molar-refractivity contribution < 1.29 is 18.4 Å². The average Bonchev–Trinajstić information content (AvgIpc) is 2.98. The van der Waals surface area contributed by atoms with Gasteiger partial charge in [-0.25, -0.2) is 4.79 Å². The van der Waals surface area contributed by atoms with E-state index in [0.717, 1.165) is 11.5 Å². The first-order valence-electron chi connectivity index (χ1n) is 5.99. The molecule has 2 rings (SSSR count). The second-order valence-electron chi connectivity index (χ2n) is 4.44. The molecular weight excluding hydrogens is 246 g/mol. The summed E-state index contributed by atoms with van der Waals surface area (Å²) in [6.07, 6.45) is 0. The number of ether oxygens (including phenoxy) is 1. The highest BCUT2D eigenvalue weighted by atomic mass is 16.5. The summed E-state index contributed by atoms with van der Waals surface area (Å²) in [6, 6.07) is 7.28. The largest absolute Gasteiger partial charge is 0.465 e. The van der Waals surface area contributed by atoms with E-state index in [1.165, 1.54) is 7.11 Å². The second kappa shape index (κ2) is 5.75. The molecule has 0 unspecified atom stereocenters. The van der Waals surface area contributed by atoms with Crippen LogP contribution in [0.3, 0.4) is 0 Å². The molecule has 0 amide bonds. The molecule has 0 radical (unpaired) electrons. The normalized spacial score (nSPS) is 10.9. The van der Waals surface area contributed by atoms with Gasteiger partial charge in [0.1, 0.15) is 17.3 Å². The van der Waals surface area contributed by atoms with Crippen molar-refractivity contribution in [3.05, 3.63) is 47.3 Å². The number of aryl methyl sites for hydroxylation is 1. The van der Waals surface area contributed by atoms with Gasteiger partial charge in [-0.1, -0.05) is 0 Å². The van der Waals surface area contributed by atoms with Gasteiger partial charge in [0.15, 0.2) is 0 Å². The zero-order valence-corrected chi connectivity index (χ0v) is 11.3. The van der Waals surface area contributed by atoms with Gasteiger partial charge in [0.25, 0.3) is 0 Å². The fraction of sp³-hybridized carbons (Fsp3) is 0.357. The number of nitrogens with zero attached hydrogens (tertiary/aromatic N) is 1. The molecule has 0 N–H and O–H groups in total. The van der Waals surface area contributed by atoms with Crippen molar-refractivity contribution in [3.63, 3.8) is 0 Å². The maximum atomic E-state index is 11.3. The van der Waals surface area contributed by atoms with Crippen LogP contribution in [0.4, 0.5) is 0 Å². The lowest BCUT2D eigenvalue weighted by atomic mass is 10.3. The number of carbonyl (C=O) groups is 1. The molecule has 2 aromatic heterocycles. The van der Waals surface area contributed by atoms with E-state index in [2.05, 4.69) is 4.74 Å². The predicted molar refractivity (Wildman–Crippen MR) is 68.7 cm³/mol. The van der Waals surface area contributed by atoms with Crippen LogP contribution in [-0.2, 0) is 17.8 Å². The first kappa shape index (κ1) is 13.4. The van der Waals surface area contributed by atoms with Crippen LogP contribution >= 0.6 is 0 Å². The highest BCUT2D eigenvalue weighted by molar-refractivity contribution is 5.86. The van der Waals surface area contributed by atoms with E-state index in [-0.39, 0.29) is 5.76 Å². The third-order valence-electron chi connectivity index (χ3n) is 2.70. The van der Waals surface area contributed by atoms with Crippen molar-refractivity contribution in [2.24, 2.45) is 0 Å². The third kappa shape index (κ3) is 3.48. The van der Waals surface area contributed by atoms with E-state index in [1.54, 1.807) is 12.1 Å². The molecule has 0 aliphatic carbocycles. The summed E-state index contributed by atoms with van der Waals surface area (Å²) in [6.45, 7) is 3.19. The summed E-state index contributed by atoms with van der Waals surface area (Å²) in [7, 11) is 3.29. The van der Waals surface area contributed by atoms with Crippen LogP contribution in [-0.4, -0.2) is 25.0 Å². The Morgan fingerprint density at radius 3 is 2.37 bits per heavy atom. The zero-order valence-electron chi connectivity index (χ0n) is 11.3. The third-order valence-corrected chi connectivity index (χ3v) is 2.70. The Morgan fingerprint density at radius 2 is 1.79 bits per heavy atom.